The summed E-state index contributed by atoms with van der Waals surface area (Å²) in [6.45, 7) is 3.64. The van der Waals surface area contributed by atoms with Gasteiger partial charge >= 0.3 is 0 Å². The fraction of sp³-hybridized carbons (Fsp3) is 0.227. The van der Waals surface area contributed by atoms with Crippen molar-refractivity contribution in [1.29, 1.82) is 0 Å². The number of amides is 1. The molecule has 0 unspecified atom stereocenters. The molecule has 2 aromatic carbocycles. The van der Waals surface area contributed by atoms with E-state index in [4.69, 9.17) is 22.1 Å². The lowest BCUT2D eigenvalue weighted by atomic mass is 10.2. The number of nitrogens with zero attached hydrogens (tertiary/aromatic N) is 5. The van der Waals surface area contributed by atoms with Crippen LogP contribution >= 0.6 is 11.6 Å². The number of nitrogens with one attached hydrogen (secondary N) is 1. The quantitative estimate of drug-likeness (QED) is 0.382. The van der Waals surface area contributed by atoms with Crippen molar-refractivity contribution in [1.82, 2.24) is 14.9 Å². The number of nitro groups is 1. The number of hydrogen-bond donors (Lipinski definition) is 2. The maximum absolute atomic E-state index is 11.9. The summed E-state index contributed by atoms with van der Waals surface area (Å²) in [5, 5.41) is 14.6. The number of nitro benzene ring substituents is 1. The number of anilines is 3. The van der Waals surface area contributed by atoms with Crippen LogP contribution in [0.25, 0.3) is 0 Å². The van der Waals surface area contributed by atoms with E-state index in [0.717, 1.165) is 31.9 Å². The number of aromatic nitrogens is 2. The molecule has 0 aliphatic carbocycles. The number of ether oxygens (including phenoxy) is 1. The molecule has 4 rings (SSSR count). The Kier molecular flexibility index (Phi) is 6.75. The number of likely N-dealkylation sites (N-methyl/N-ethyl adjacent to an activating group) is 1. The molecule has 0 atom stereocenters. The van der Waals surface area contributed by atoms with Crippen LogP contribution in [0, 0.1) is 10.1 Å². The molecule has 1 aromatic heterocycles. The molecule has 12 heteroatoms. The number of carbonyl (C=O) groups excluding carboxylic acids is 1. The minimum atomic E-state index is -0.781. The zero-order valence-electron chi connectivity index (χ0n) is 18.3. The van der Waals surface area contributed by atoms with Crippen molar-refractivity contribution >= 4 is 40.4 Å². The number of non-ortho nitro benzene ring substituents is 1. The van der Waals surface area contributed by atoms with Gasteiger partial charge < -0.3 is 25.6 Å². The molecule has 0 bridgehead atoms. The first kappa shape index (κ1) is 23.2. The number of nitrogens with two attached hydrogens (primary N) is 1. The second kappa shape index (κ2) is 9.89. The summed E-state index contributed by atoms with van der Waals surface area (Å²) in [6, 6.07) is 11.1. The van der Waals surface area contributed by atoms with Gasteiger partial charge in [-0.3, -0.25) is 14.9 Å². The monoisotopic (exact) mass is 483 g/mol. The largest absolute Gasteiger partial charge is 0.437 e. The van der Waals surface area contributed by atoms with E-state index < -0.39 is 10.8 Å². The number of primary amides is 1. The lowest BCUT2D eigenvalue weighted by Crippen LogP contribution is -2.44. The Bertz CT molecular complexity index is 1230. The van der Waals surface area contributed by atoms with E-state index in [1.807, 2.05) is 12.1 Å². The van der Waals surface area contributed by atoms with E-state index >= 15 is 0 Å². The van der Waals surface area contributed by atoms with Gasteiger partial charge in [0.1, 0.15) is 5.75 Å². The summed E-state index contributed by atoms with van der Waals surface area (Å²) >= 11 is 6.54. The zero-order valence-corrected chi connectivity index (χ0v) is 19.0. The molecule has 2 heterocycles. The van der Waals surface area contributed by atoms with Crippen molar-refractivity contribution in [3.05, 3.63) is 69.5 Å². The Labute approximate surface area is 200 Å². The van der Waals surface area contributed by atoms with Gasteiger partial charge in [-0.25, -0.2) is 4.98 Å². The summed E-state index contributed by atoms with van der Waals surface area (Å²) in [4.78, 5) is 35.1. The molecule has 34 heavy (non-hydrogen) atoms. The number of carbonyl (C=O) groups is 1. The van der Waals surface area contributed by atoms with E-state index in [9.17, 15) is 14.9 Å². The lowest BCUT2D eigenvalue weighted by molar-refractivity contribution is -0.384. The summed E-state index contributed by atoms with van der Waals surface area (Å²) in [5.41, 5.74) is 6.73. The Balaban J connectivity index is 1.57. The standard InChI is InChI=1S/C22H22ClN7O4/c1-28-7-9-29(10-8-28)18-6-5-14(11-17(18)23)26-22-20(21(24)31)25-13-19(27-22)34-16-4-2-3-15(12-16)30(32)33/h2-6,11-13H,7-10H2,1H3,(H2,24,31)(H,26,27). The van der Waals surface area contributed by atoms with Crippen LogP contribution in [-0.4, -0.2) is 58.9 Å². The van der Waals surface area contributed by atoms with Gasteiger partial charge in [0.05, 0.1) is 27.9 Å². The summed E-state index contributed by atoms with van der Waals surface area (Å²) < 4.78 is 5.61. The average molecular weight is 484 g/mol. The maximum Gasteiger partial charge on any atom is 0.273 e. The van der Waals surface area contributed by atoms with Gasteiger partial charge in [-0.2, -0.15) is 4.98 Å². The van der Waals surface area contributed by atoms with Crippen LogP contribution in [0.15, 0.2) is 48.7 Å². The number of piperazine rings is 1. The third-order valence-corrected chi connectivity index (χ3v) is 5.59. The summed E-state index contributed by atoms with van der Waals surface area (Å²) in [6.07, 6.45) is 1.22. The first-order chi connectivity index (χ1) is 16.3. The molecule has 1 saturated heterocycles. The number of benzene rings is 2. The van der Waals surface area contributed by atoms with Crippen LogP contribution in [0.3, 0.4) is 0 Å². The number of hydrogen-bond acceptors (Lipinski definition) is 9. The Morgan fingerprint density at radius 2 is 1.97 bits per heavy atom. The van der Waals surface area contributed by atoms with Crippen molar-refractivity contribution in [3.63, 3.8) is 0 Å². The molecule has 0 spiro atoms. The molecule has 11 nitrogen and oxygen atoms in total. The number of halogens is 1. The van der Waals surface area contributed by atoms with E-state index in [1.54, 1.807) is 12.1 Å². The van der Waals surface area contributed by atoms with Crippen LogP contribution < -0.4 is 20.7 Å². The average Bonchev–Trinajstić information content (AvgIpc) is 2.80. The van der Waals surface area contributed by atoms with Gasteiger partial charge in [0.15, 0.2) is 11.5 Å². The molecular formula is C22H22ClN7O4. The van der Waals surface area contributed by atoms with Gasteiger partial charge in [-0.15, -0.1) is 0 Å². The van der Waals surface area contributed by atoms with E-state index in [1.165, 1.54) is 24.4 Å². The third-order valence-electron chi connectivity index (χ3n) is 5.29. The third kappa shape index (κ3) is 5.33. The zero-order chi connectivity index (χ0) is 24.2. The first-order valence-corrected chi connectivity index (χ1v) is 10.8. The molecule has 3 N–H and O–H groups in total. The SMILES string of the molecule is CN1CCN(c2ccc(Nc3nc(Oc4cccc([N+](=O)[O-])c4)cnc3C(N)=O)cc2Cl)CC1. The highest BCUT2D eigenvalue weighted by Gasteiger charge is 2.18. The molecule has 1 fully saturated rings. The molecule has 176 valence electrons. The van der Waals surface area contributed by atoms with Crippen molar-refractivity contribution in [2.75, 3.05) is 43.4 Å². The van der Waals surface area contributed by atoms with Crippen LogP contribution in [0.1, 0.15) is 10.5 Å². The van der Waals surface area contributed by atoms with Crippen molar-refractivity contribution in [2.24, 2.45) is 5.73 Å². The maximum atomic E-state index is 11.9. The van der Waals surface area contributed by atoms with Crippen LogP contribution in [0.2, 0.25) is 5.02 Å². The van der Waals surface area contributed by atoms with Crippen molar-refractivity contribution < 1.29 is 14.5 Å². The van der Waals surface area contributed by atoms with Crippen LogP contribution in [0.4, 0.5) is 22.9 Å². The fourth-order valence-electron chi connectivity index (χ4n) is 3.50. The second-order valence-corrected chi connectivity index (χ2v) is 8.11. The van der Waals surface area contributed by atoms with Gasteiger partial charge in [0, 0.05) is 37.9 Å². The normalized spacial score (nSPS) is 14.0. The minimum Gasteiger partial charge on any atom is -0.437 e. The molecule has 3 aromatic rings. The Morgan fingerprint density at radius 1 is 1.21 bits per heavy atom. The predicted octanol–water partition coefficient (Wildman–Crippen LogP) is 3.42. The molecule has 0 radical (unpaired) electrons. The molecular weight excluding hydrogens is 462 g/mol. The van der Waals surface area contributed by atoms with Gasteiger partial charge in [-0.05, 0) is 31.3 Å². The highest BCUT2D eigenvalue weighted by molar-refractivity contribution is 6.33. The van der Waals surface area contributed by atoms with Gasteiger partial charge in [-0.1, -0.05) is 17.7 Å². The fourth-order valence-corrected chi connectivity index (χ4v) is 3.80. The van der Waals surface area contributed by atoms with E-state index in [0.29, 0.717) is 10.7 Å². The van der Waals surface area contributed by atoms with Crippen LogP contribution in [-0.2, 0) is 0 Å². The summed E-state index contributed by atoms with van der Waals surface area (Å²) in [7, 11) is 2.08. The second-order valence-electron chi connectivity index (χ2n) is 7.71. The van der Waals surface area contributed by atoms with E-state index in [-0.39, 0.29) is 28.8 Å². The summed E-state index contributed by atoms with van der Waals surface area (Å²) in [5.74, 6) is -0.495. The molecule has 1 amide bonds. The van der Waals surface area contributed by atoms with Gasteiger partial charge in [0.25, 0.3) is 11.6 Å². The molecule has 1 aliphatic rings. The molecule has 0 saturated carbocycles. The van der Waals surface area contributed by atoms with Gasteiger partial charge in [0.2, 0.25) is 5.88 Å². The first-order valence-electron chi connectivity index (χ1n) is 10.4. The number of rotatable bonds is 7. The Morgan fingerprint density at radius 3 is 2.65 bits per heavy atom. The predicted molar refractivity (Wildman–Crippen MR) is 128 cm³/mol. The Hall–Kier alpha value is -3.96. The van der Waals surface area contributed by atoms with Crippen molar-refractivity contribution in [2.45, 2.75) is 0 Å². The highest BCUT2D eigenvalue weighted by Crippen LogP contribution is 2.32. The van der Waals surface area contributed by atoms with E-state index in [2.05, 4.69) is 32.1 Å². The van der Waals surface area contributed by atoms with Crippen molar-refractivity contribution in [3.8, 4) is 11.6 Å². The smallest absolute Gasteiger partial charge is 0.273 e. The topological polar surface area (TPSA) is 140 Å². The highest BCUT2D eigenvalue weighted by atomic mass is 35.5. The van der Waals surface area contributed by atoms with Crippen LogP contribution in [0.5, 0.6) is 11.6 Å². The minimum absolute atomic E-state index is 0.0214. The lowest BCUT2D eigenvalue weighted by Gasteiger charge is -2.34. The molecule has 1 aliphatic heterocycles.